The summed E-state index contributed by atoms with van der Waals surface area (Å²) in [5, 5.41) is 3.71. The first kappa shape index (κ1) is 18.2. The minimum atomic E-state index is -0.118. The fraction of sp³-hybridized carbons (Fsp3) is 0.684. The van der Waals surface area contributed by atoms with Crippen LogP contribution in [0.2, 0.25) is 0 Å². The van der Waals surface area contributed by atoms with Crippen molar-refractivity contribution in [3.05, 3.63) is 35.1 Å². The van der Waals surface area contributed by atoms with Crippen molar-refractivity contribution in [3.8, 4) is 0 Å². The number of halogens is 1. The van der Waals surface area contributed by atoms with Crippen LogP contribution >= 0.6 is 0 Å². The summed E-state index contributed by atoms with van der Waals surface area (Å²) in [5.74, 6) is 0.571. The Labute approximate surface area is 130 Å². The summed E-state index contributed by atoms with van der Waals surface area (Å²) >= 11 is 0. The van der Waals surface area contributed by atoms with E-state index in [0.29, 0.717) is 12.0 Å². The van der Waals surface area contributed by atoms with E-state index in [-0.39, 0.29) is 5.82 Å². The van der Waals surface area contributed by atoms with Crippen LogP contribution in [-0.4, -0.2) is 12.6 Å². The highest BCUT2D eigenvalue weighted by Crippen LogP contribution is 2.23. The van der Waals surface area contributed by atoms with Crippen LogP contribution in [0.25, 0.3) is 0 Å². The van der Waals surface area contributed by atoms with Crippen molar-refractivity contribution in [1.82, 2.24) is 5.32 Å². The van der Waals surface area contributed by atoms with Gasteiger partial charge in [0.1, 0.15) is 5.82 Å². The van der Waals surface area contributed by atoms with Crippen LogP contribution in [0.15, 0.2) is 18.2 Å². The monoisotopic (exact) mass is 293 g/mol. The highest BCUT2D eigenvalue weighted by atomic mass is 19.1. The summed E-state index contributed by atoms with van der Waals surface area (Å²) in [5.41, 5.74) is 2.35. The number of nitrogens with one attached hydrogen (secondary N) is 1. The Hall–Kier alpha value is -0.890. The minimum Gasteiger partial charge on any atom is -0.313 e. The standard InChI is InChI=1S/C19H32FN/c1-5-8-16(9-6-2)19(21-12-7-3)14-17-13-18(20)11-10-15(17)4/h10-11,13,16,19,21H,5-9,12,14H2,1-4H3. The van der Waals surface area contributed by atoms with Gasteiger partial charge in [-0.15, -0.1) is 0 Å². The van der Waals surface area contributed by atoms with Gasteiger partial charge in [-0.3, -0.25) is 0 Å². The summed E-state index contributed by atoms with van der Waals surface area (Å²) in [6.07, 6.45) is 7.03. The minimum absolute atomic E-state index is 0.118. The van der Waals surface area contributed by atoms with Crippen molar-refractivity contribution >= 4 is 0 Å². The molecule has 0 fully saturated rings. The molecule has 0 spiro atoms. The van der Waals surface area contributed by atoms with Gasteiger partial charge in [0.2, 0.25) is 0 Å². The van der Waals surface area contributed by atoms with Gasteiger partial charge in [-0.25, -0.2) is 4.39 Å². The lowest BCUT2D eigenvalue weighted by atomic mass is 9.85. The van der Waals surface area contributed by atoms with Crippen molar-refractivity contribution in [2.45, 2.75) is 72.3 Å². The van der Waals surface area contributed by atoms with Crippen LogP contribution < -0.4 is 5.32 Å². The van der Waals surface area contributed by atoms with Crippen LogP contribution in [0.3, 0.4) is 0 Å². The molecule has 120 valence electrons. The van der Waals surface area contributed by atoms with Crippen LogP contribution in [0.1, 0.15) is 64.0 Å². The molecule has 21 heavy (non-hydrogen) atoms. The molecule has 1 unspecified atom stereocenters. The largest absolute Gasteiger partial charge is 0.313 e. The lowest BCUT2D eigenvalue weighted by molar-refractivity contribution is 0.308. The molecule has 0 saturated heterocycles. The van der Waals surface area contributed by atoms with E-state index >= 15 is 0 Å². The quantitative estimate of drug-likeness (QED) is 0.620. The van der Waals surface area contributed by atoms with Crippen LogP contribution in [0.5, 0.6) is 0 Å². The van der Waals surface area contributed by atoms with Gasteiger partial charge in [-0.2, -0.15) is 0 Å². The first-order valence-electron chi connectivity index (χ1n) is 8.60. The van der Waals surface area contributed by atoms with E-state index in [1.165, 1.54) is 31.2 Å². The lowest BCUT2D eigenvalue weighted by Gasteiger charge is -2.28. The van der Waals surface area contributed by atoms with Crippen molar-refractivity contribution in [2.24, 2.45) is 5.92 Å². The lowest BCUT2D eigenvalue weighted by Crippen LogP contribution is -2.38. The Bertz CT molecular complexity index is 397. The molecule has 0 aromatic heterocycles. The van der Waals surface area contributed by atoms with Gasteiger partial charge in [0, 0.05) is 6.04 Å². The van der Waals surface area contributed by atoms with E-state index < -0.39 is 0 Å². The molecule has 0 saturated carbocycles. The van der Waals surface area contributed by atoms with Gasteiger partial charge in [-0.1, -0.05) is 39.7 Å². The second-order valence-corrected chi connectivity index (χ2v) is 6.17. The van der Waals surface area contributed by atoms with E-state index in [1.54, 1.807) is 12.1 Å². The van der Waals surface area contributed by atoms with Gasteiger partial charge < -0.3 is 5.32 Å². The maximum Gasteiger partial charge on any atom is 0.123 e. The van der Waals surface area contributed by atoms with Crippen molar-refractivity contribution in [2.75, 3.05) is 6.54 Å². The topological polar surface area (TPSA) is 12.0 Å². The maximum absolute atomic E-state index is 13.5. The molecule has 1 aromatic rings. The van der Waals surface area contributed by atoms with Crippen molar-refractivity contribution < 1.29 is 4.39 Å². The first-order chi connectivity index (χ1) is 10.1. The molecule has 0 bridgehead atoms. The van der Waals surface area contributed by atoms with Gasteiger partial charge in [0.25, 0.3) is 0 Å². The molecule has 1 N–H and O–H groups in total. The maximum atomic E-state index is 13.5. The van der Waals surface area contributed by atoms with E-state index in [4.69, 9.17) is 0 Å². The van der Waals surface area contributed by atoms with Crippen LogP contribution in [0.4, 0.5) is 4.39 Å². The average Bonchev–Trinajstić information content (AvgIpc) is 2.47. The summed E-state index contributed by atoms with van der Waals surface area (Å²) in [4.78, 5) is 0. The molecule has 0 aliphatic rings. The Kier molecular flexibility index (Phi) is 8.60. The summed E-state index contributed by atoms with van der Waals surface area (Å²) in [7, 11) is 0. The molecular formula is C19H32FN. The molecular weight excluding hydrogens is 261 g/mol. The third-order valence-electron chi connectivity index (χ3n) is 4.30. The number of rotatable bonds is 10. The fourth-order valence-electron chi connectivity index (χ4n) is 3.12. The van der Waals surface area contributed by atoms with Crippen molar-refractivity contribution in [1.29, 1.82) is 0 Å². The number of hydrogen-bond donors (Lipinski definition) is 1. The van der Waals surface area contributed by atoms with E-state index in [0.717, 1.165) is 24.9 Å². The Morgan fingerprint density at radius 1 is 1.05 bits per heavy atom. The third kappa shape index (κ3) is 6.17. The Morgan fingerprint density at radius 3 is 2.29 bits per heavy atom. The highest BCUT2D eigenvalue weighted by Gasteiger charge is 2.20. The van der Waals surface area contributed by atoms with Gasteiger partial charge in [0.15, 0.2) is 0 Å². The molecule has 1 aromatic carbocycles. The highest BCUT2D eigenvalue weighted by molar-refractivity contribution is 5.27. The van der Waals surface area contributed by atoms with E-state index in [2.05, 4.69) is 33.0 Å². The molecule has 1 atom stereocenters. The SMILES string of the molecule is CCCNC(Cc1cc(F)ccc1C)C(CCC)CCC. The molecule has 0 aliphatic carbocycles. The number of hydrogen-bond acceptors (Lipinski definition) is 1. The predicted molar refractivity (Wildman–Crippen MR) is 90.2 cm³/mol. The third-order valence-corrected chi connectivity index (χ3v) is 4.30. The molecule has 1 nitrogen and oxygen atoms in total. The van der Waals surface area contributed by atoms with E-state index in [9.17, 15) is 4.39 Å². The van der Waals surface area contributed by atoms with Crippen LogP contribution in [0, 0.1) is 18.7 Å². The summed E-state index contributed by atoms with van der Waals surface area (Å²) in [6.45, 7) is 9.84. The number of benzene rings is 1. The number of aryl methyl sites for hydroxylation is 1. The van der Waals surface area contributed by atoms with Gasteiger partial charge in [0.05, 0.1) is 0 Å². The predicted octanol–water partition coefficient (Wildman–Crippen LogP) is 5.26. The van der Waals surface area contributed by atoms with Crippen LogP contribution in [-0.2, 0) is 6.42 Å². The molecule has 0 aliphatic heterocycles. The van der Waals surface area contributed by atoms with Gasteiger partial charge >= 0.3 is 0 Å². The van der Waals surface area contributed by atoms with Gasteiger partial charge in [-0.05, 0) is 68.3 Å². The zero-order valence-electron chi connectivity index (χ0n) is 14.2. The normalized spacial score (nSPS) is 12.9. The summed E-state index contributed by atoms with van der Waals surface area (Å²) < 4.78 is 13.5. The van der Waals surface area contributed by atoms with E-state index in [1.807, 2.05) is 6.07 Å². The Morgan fingerprint density at radius 2 is 1.71 bits per heavy atom. The fourth-order valence-corrected chi connectivity index (χ4v) is 3.12. The Balaban J connectivity index is 2.86. The zero-order chi connectivity index (χ0) is 15.7. The smallest absolute Gasteiger partial charge is 0.123 e. The van der Waals surface area contributed by atoms with Crippen molar-refractivity contribution in [3.63, 3.8) is 0 Å². The molecule has 0 amide bonds. The zero-order valence-corrected chi connectivity index (χ0v) is 14.2. The summed E-state index contributed by atoms with van der Waals surface area (Å²) in [6, 6.07) is 5.63. The second kappa shape index (κ2) is 9.94. The molecule has 2 heteroatoms. The average molecular weight is 293 g/mol. The molecule has 1 rings (SSSR count). The molecule has 0 heterocycles. The first-order valence-corrected chi connectivity index (χ1v) is 8.60. The molecule has 0 radical (unpaired) electrons. The second-order valence-electron chi connectivity index (χ2n) is 6.17.